The Labute approximate surface area is 341 Å². The maximum absolute atomic E-state index is 2.48. The summed E-state index contributed by atoms with van der Waals surface area (Å²) in [6, 6.07) is 80.8. The fourth-order valence-corrected chi connectivity index (χ4v) is 9.97. The smallest absolute Gasteiger partial charge is 0.0754 e. The van der Waals surface area contributed by atoms with Crippen molar-refractivity contribution in [3.63, 3.8) is 0 Å². The first kappa shape index (κ1) is 34.1. The summed E-state index contributed by atoms with van der Waals surface area (Å²) in [6.07, 6.45) is 0.955. The summed E-state index contributed by atoms with van der Waals surface area (Å²) < 4.78 is 0. The van der Waals surface area contributed by atoms with E-state index in [9.17, 15) is 0 Å². The van der Waals surface area contributed by atoms with Crippen molar-refractivity contribution in [2.45, 2.75) is 18.8 Å². The predicted molar refractivity (Wildman–Crippen MR) is 243 cm³/mol. The Morgan fingerprint density at radius 2 is 0.776 bits per heavy atom. The normalized spacial score (nSPS) is 13.1. The van der Waals surface area contributed by atoms with Crippen LogP contribution in [-0.2, 0) is 11.8 Å². The van der Waals surface area contributed by atoms with E-state index < -0.39 is 5.41 Å². The molecule has 1 nitrogen and oxygen atoms in total. The zero-order valence-corrected chi connectivity index (χ0v) is 32.4. The molecule has 0 unspecified atom stereocenters. The first-order valence-corrected chi connectivity index (χ1v) is 20.4. The minimum atomic E-state index is -0.483. The SMILES string of the molecule is CCc1c(-c2ccccc2)cc(-c2ccc(-c3ccc4c(c3)C3(c5ccccc5-4)c4ccccc4N(c4ccccc4)c4ccccc43)cc2)cc1-c1ccccc1. The Bertz CT molecular complexity index is 2850. The summed E-state index contributed by atoms with van der Waals surface area (Å²) in [5.41, 5.74) is 22.3. The van der Waals surface area contributed by atoms with Crippen molar-refractivity contribution in [1.82, 2.24) is 0 Å². The van der Waals surface area contributed by atoms with E-state index in [1.165, 1.54) is 94.8 Å². The van der Waals surface area contributed by atoms with Gasteiger partial charge in [0.05, 0.1) is 16.8 Å². The van der Waals surface area contributed by atoms with Crippen LogP contribution in [0.15, 0.2) is 218 Å². The van der Waals surface area contributed by atoms with Crippen LogP contribution in [-0.4, -0.2) is 0 Å². The zero-order chi connectivity index (χ0) is 38.6. The first-order chi connectivity index (χ1) is 28.7. The van der Waals surface area contributed by atoms with E-state index in [4.69, 9.17) is 0 Å². The molecule has 9 aromatic carbocycles. The minimum Gasteiger partial charge on any atom is -0.310 e. The lowest BCUT2D eigenvalue weighted by Gasteiger charge is -2.45. The Hall–Kier alpha value is -7.22. The lowest BCUT2D eigenvalue weighted by atomic mass is 9.64. The monoisotopic (exact) mass is 739 g/mol. The lowest BCUT2D eigenvalue weighted by Crippen LogP contribution is -2.36. The fourth-order valence-electron chi connectivity index (χ4n) is 9.97. The predicted octanol–water partition coefficient (Wildman–Crippen LogP) is 15.1. The van der Waals surface area contributed by atoms with E-state index in [1.54, 1.807) is 0 Å². The maximum Gasteiger partial charge on any atom is 0.0754 e. The lowest BCUT2D eigenvalue weighted by molar-refractivity contribution is 0.753. The van der Waals surface area contributed by atoms with Crippen LogP contribution in [0.3, 0.4) is 0 Å². The van der Waals surface area contributed by atoms with Gasteiger partial charge in [0.25, 0.3) is 0 Å². The molecule has 1 aliphatic heterocycles. The Balaban J connectivity index is 1.07. The van der Waals surface area contributed by atoms with Gasteiger partial charge in [0.2, 0.25) is 0 Å². The summed E-state index contributed by atoms with van der Waals surface area (Å²) in [6.45, 7) is 2.27. The van der Waals surface area contributed by atoms with Crippen LogP contribution in [0.5, 0.6) is 0 Å². The highest BCUT2D eigenvalue weighted by Gasteiger charge is 2.51. The molecule has 58 heavy (non-hydrogen) atoms. The number of fused-ring (bicyclic) bond motifs is 9. The highest BCUT2D eigenvalue weighted by molar-refractivity contribution is 5.96. The van der Waals surface area contributed by atoms with E-state index in [2.05, 4.69) is 230 Å². The topological polar surface area (TPSA) is 3.24 Å². The Morgan fingerprint density at radius 3 is 1.34 bits per heavy atom. The molecule has 1 heterocycles. The van der Waals surface area contributed by atoms with Gasteiger partial charge in [-0.25, -0.2) is 0 Å². The molecule has 1 spiro atoms. The van der Waals surface area contributed by atoms with Crippen molar-refractivity contribution >= 4 is 17.1 Å². The third kappa shape index (κ3) is 5.17. The average molecular weight is 740 g/mol. The summed E-state index contributed by atoms with van der Waals surface area (Å²) >= 11 is 0. The van der Waals surface area contributed by atoms with Gasteiger partial charge in [0.1, 0.15) is 0 Å². The summed E-state index contributed by atoms with van der Waals surface area (Å²) in [4.78, 5) is 2.44. The van der Waals surface area contributed by atoms with Crippen molar-refractivity contribution in [1.29, 1.82) is 0 Å². The van der Waals surface area contributed by atoms with E-state index >= 15 is 0 Å². The highest BCUT2D eigenvalue weighted by Crippen LogP contribution is 2.63. The van der Waals surface area contributed by atoms with Crippen molar-refractivity contribution in [2.75, 3.05) is 4.90 Å². The molecule has 9 aromatic rings. The van der Waals surface area contributed by atoms with E-state index in [0.717, 1.165) is 12.1 Å². The van der Waals surface area contributed by atoms with Gasteiger partial charge >= 0.3 is 0 Å². The third-order valence-electron chi connectivity index (χ3n) is 12.5. The van der Waals surface area contributed by atoms with Crippen LogP contribution in [0.1, 0.15) is 34.7 Å². The molecule has 0 amide bonds. The molecule has 0 atom stereocenters. The molecule has 274 valence electrons. The largest absolute Gasteiger partial charge is 0.310 e. The number of para-hydroxylation sites is 3. The van der Waals surface area contributed by atoms with Crippen LogP contribution in [0, 0.1) is 0 Å². The van der Waals surface area contributed by atoms with Gasteiger partial charge in [0, 0.05) is 5.69 Å². The van der Waals surface area contributed by atoms with Crippen LogP contribution < -0.4 is 4.90 Å². The quantitative estimate of drug-likeness (QED) is 0.164. The van der Waals surface area contributed by atoms with Gasteiger partial charge in [-0.2, -0.15) is 0 Å². The minimum absolute atomic E-state index is 0.483. The average Bonchev–Trinajstić information content (AvgIpc) is 3.59. The molecule has 0 fully saturated rings. The summed E-state index contributed by atoms with van der Waals surface area (Å²) in [5.74, 6) is 0. The molecule has 0 bridgehead atoms. The first-order valence-electron chi connectivity index (χ1n) is 20.4. The van der Waals surface area contributed by atoms with Crippen molar-refractivity contribution in [3.05, 3.63) is 246 Å². The van der Waals surface area contributed by atoms with Crippen molar-refractivity contribution in [3.8, 4) is 55.6 Å². The van der Waals surface area contributed by atoms with E-state index in [-0.39, 0.29) is 0 Å². The highest BCUT2D eigenvalue weighted by atomic mass is 15.2. The standard InChI is InChI=1S/C57H41N/c1-2-46-49(41-18-6-3-7-19-41)36-44(37-50(46)42-20-8-4-9-21-42)40-32-30-39(31-33-40)43-34-35-48-47-24-12-13-25-51(47)57(54(48)38-43)52-26-14-16-28-55(52)58(45-22-10-5-11-23-45)56-29-17-15-27-53(56)57/h3-38H,2H2,1H3. The van der Waals surface area contributed by atoms with E-state index in [0.29, 0.717) is 0 Å². The summed E-state index contributed by atoms with van der Waals surface area (Å²) in [5, 5.41) is 0. The zero-order valence-electron chi connectivity index (χ0n) is 32.4. The number of rotatable bonds is 6. The second-order valence-electron chi connectivity index (χ2n) is 15.5. The molecule has 0 N–H and O–H groups in total. The molecule has 11 rings (SSSR count). The van der Waals surface area contributed by atoms with Crippen molar-refractivity contribution < 1.29 is 0 Å². The second-order valence-corrected chi connectivity index (χ2v) is 15.5. The molecule has 2 aliphatic rings. The van der Waals surface area contributed by atoms with Crippen LogP contribution in [0.25, 0.3) is 55.6 Å². The van der Waals surface area contributed by atoms with Gasteiger partial charge in [-0.15, -0.1) is 0 Å². The van der Waals surface area contributed by atoms with Gasteiger partial charge in [0.15, 0.2) is 0 Å². The maximum atomic E-state index is 2.48. The molecule has 1 heteroatoms. The molecular weight excluding hydrogens is 699 g/mol. The Morgan fingerprint density at radius 1 is 0.328 bits per heavy atom. The number of benzene rings is 9. The molecule has 0 radical (unpaired) electrons. The molecule has 0 saturated heterocycles. The molecule has 1 aliphatic carbocycles. The van der Waals surface area contributed by atoms with Crippen LogP contribution in [0.2, 0.25) is 0 Å². The van der Waals surface area contributed by atoms with Gasteiger partial charge in [-0.05, 0) is 132 Å². The van der Waals surface area contributed by atoms with Crippen molar-refractivity contribution in [2.24, 2.45) is 0 Å². The van der Waals surface area contributed by atoms with Crippen LogP contribution in [0.4, 0.5) is 17.1 Å². The van der Waals surface area contributed by atoms with E-state index in [1.807, 2.05) is 0 Å². The number of nitrogens with zero attached hydrogens (tertiary/aromatic N) is 1. The fraction of sp³-hybridized carbons (Fsp3) is 0.0526. The second kappa shape index (κ2) is 13.8. The van der Waals surface area contributed by atoms with Gasteiger partial charge in [-0.1, -0.05) is 183 Å². The molecule has 0 aromatic heterocycles. The van der Waals surface area contributed by atoms with Gasteiger partial charge in [-0.3, -0.25) is 0 Å². The number of hydrogen-bond donors (Lipinski definition) is 0. The molecule has 0 saturated carbocycles. The number of hydrogen-bond acceptors (Lipinski definition) is 1. The molecular formula is C57H41N. The van der Waals surface area contributed by atoms with Gasteiger partial charge < -0.3 is 4.90 Å². The Kier molecular flexibility index (Phi) is 8.08. The van der Waals surface area contributed by atoms with Crippen LogP contribution >= 0.6 is 0 Å². The third-order valence-corrected chi connectivity index (χ3v) is 12.5. The number of anilines is 3. The summed E-state index contributed by atoms with van der Waals surface area (Å²) in [7, 11) is 0.